The maximum Gasteiger partial charge on any atom is 0.319 e. The molecule has 2 amide bonds. The van der Waals surface area contributed by atoms with Gasteiger partial charge in [0.1, 0.15) is 5.82 Å². The van der Waals surface area contributed by atoms with E-state index in [2.05, 4.69) is 34.3 Å². The number of ether oxygens (including phenoxy) is 2. The smallest absolute Gasteiger partial charge is 0.319 e. The summed E-state index contributed by atoms with van der Waals surface area (Å²) in [5.41, 5.74) is 4.04. The Kier molecular flexibility index (Phi) is 6.67. The Bertz CT molecular complexity index is 1030. The van der Waals surface area contributed by atoms with E-state index in [4.69, 9.17) is 19.4 Å². The molecule has 1 aromatic carbocycles. The second kappa shape index (κ2) is 9.85. The second-order valence-electron chi connectivity index (χ2n) is 9.39. The van der Waals surface area contributed by atoms with Gasteiger partial charge in [-0.2, -0.15) is 0 Å². The van der Waals surface area contributed by atoms with Crippen LogP contribution in [0.15, 0.2) is 24.3 Å². The van der Waals surface area contributed by atoms with Gasteiger partial charge in [-0.1, -0.05) is 0 Å². The van der Waals surface area contributed by atoms with Crippen molar-refractivity contribution in [3.63, 3.8) is 0 Å². The molecule has 9 nitrogen and oxygen atoms in total. The first-order valence-electron chi connectivity index (χ1n) is 12.3. The number of fused-ring (bicyclic) bond motifs is 1. The van der Waals surface area contributed by atoms with Crippen LogP contribution in [0.4, 0.5) is 16.3 Å². The van der Waals surface area contributed by atoms with Gasteiger partial charge in [0.2, 0.25) is 0 Å². The van der Waals surface area contributed by atoms with Crippen molar-refractivity contribution in [3.8, 4) is 11.4 Å². The fraction of sp³-hybridized carbons (Fsp3) is 0.560. The fourth-order valence-electron chi connectivity index (χ4n) is 4.93. The lowest BCUT2D eigenvalue weighted by atomic mass is 9.96. The summed E-state index contributed by atoms with van der Waals surface area (Å²) < 4.78 is 11.2. The molecule has 0 spiro atoms. The number of aromatic nitrogens is 2. The van der Waals surface area contributed by atoms with E-state index in [0.29, 0.717) is 31.8 Å². The minimum absolute atomic E-state index is 0.209. The highest BCUT2D eigenvalue weighted by atomic mass is 16.5. The topological polar surface area (TPSA) is 91.9 Å². The fourth-order valence-corrected chi connectivity index (χ4v) is 4.93. The molecule has 0 saturated carbocycles. The number of carbonyl (C=O) groups excluding carboxylic acids is 1. The lowest BCUT2D eigenvalue weighted by Gasteiger charge is -2.45. The monoisotopic (exact) mass is 466 g/mol. The first-order chi connectivity index (χ1) is 16.5. The van der Waals surface area contributed by atoms with Gasteiger partial charge < -0.3 is 25.0 Å². The van der Waals surface area contributed by atoms with Gasteiger partial charge in [0.25, 0.3) is 0 Å². The highest BCUT2D eigenvalue weighted by Gasteiger charge is 2.36. The summed E-state index contributed by atoms with van der Waals surface area (Å²) in [6, 6.07) is 8.66. The Labute approximate surface area is 200 Å². The predicted molar refractivity (Wildman–Crippen MR) is 131 cm³/mol. The number of rotatable bonds is 5. The number of carbonyl (C=O) groups is 1. The molecule has 3 aliphatic rings. The van der Waals surface area contributed by atoms with Gasteiger partial charge in [0, 0.05) is 48.9 Å². The Morgan fingerprint density at radius 1 is 1.09 bits per heavy atom. The molecule has 2 atom stereocenters. The molecule has 34 heavy (non-hydrogen) atoms. The molecule has 1 aromatic heterocycles. The lowest BCUT2D eigenvalue weighted by Crippen LogP contribution is -2.55. The Morgan fingerprint density at radius 3 is 2.56 bits per heavy atom. The van der Waals surface area contributed by atoms with E-state index >= 15 is 0 Å². The van der Waals surface area contributed by atoms with Crippen LogP contribution in [-0.2, 0) is 22.4 Å². The molecule has 0 bridgehead atoms. The van der Waals surface area contributed by atoms with Gasteiger partial charge in [-0.05, 0) is 45.0 Å². The minimum Gasteiger partial charge on any atom is -0.378 e. The van der Waals surface area contributed by atoms with E-state index in [1.54, 1.807) is 0 Å². The molecule has 2 N–H and O–H groups in total. The van der Waals surface area contributed by atoms with E-state index in [0.717, 1.165) is 61.3 Å². The van der Waals surface area contributed by atoms with Crippen LogP contribution in [0.1, 0.15) is 32.0 Å². The van der Waals surface area contributed by atoms with Crippen molar-refractivity contribution in [3.05, 3.63) is 35.5 Å². The molecule has 1 unspecified atom stereocenters. The summed E-state index contributed by atoms with van der Waals surface area (Å²) in [6.07, 6.45) is 0.893. The zero-order chi connectivity index (χ0) is 23.7. The van der Waals surface area contributed by atoms with Gasteiger partial charge in [-0.15, -0.1) is 0 Å². The lowest BCUT2D eigenvalue weighted by molar-refractivity contribution is -0.0834. The molecule has 3 aliphatic heterocycles. The van der Waals surface area contributed by atoms with E-state index in [-0.39, 0.29) is 12.1 Å². The number of anilines is 2. The number of hydrogen-bond donors (Lipinski definition) is 2. The number of urea groups is 1. The molecular formula is C25H34N6O3. The molecule has 4 heterocycles. The van der Waals surface area contributed by atoms with Gasteiger partial charge >= 0.3 is 6.03 Å². The third-order valence-corrected chi connectivity index (χ3v) is 6.93. The van der Waals surface area contributed by atoms with E-state index in [9.17, 15) is 4.79 Å². The van der Waals surface area contributed by atoms with Crippen molar-refractivity contribution in [1.29, 1.82) is 0 Å². The molecule has 0 radical (unpaired) electrons. The standard InChI is InChI=1S/C25H34N6O3/c1-4-26-25(32)27-19-7-5-18(6-8-19)23-28-22-11-16(2)31(20-14-34-15-20)12-21(22)24(29-23)30-9-10-33-13-17(30)3/h5-8,16-17,20H,4,9-15H2,1-3H3,(H2,26,27,32)/t16?,17-/m0/s1. The summed E-state index contributed by atoms with van der Waals surface area (Å²) in [5.74, 6) is 1.75. The van der Waals surface area contributed by atoms with Crippen molar-refractivity contribution in [2.45, 2.75) is 51.9 Å². The number of amides is 2. The maximum atomic E-state index is 11.8. The molecule has 0 aliphatic carbocycles. The summed E-state index contributed by atoms with van der Waals surface area (Å²) in [5, 5.41) is 5.59. The average molecular weight is 467 g/mol. The van der Waals surface area contributed by atoms with Crippen LogP contribution in [0.3, 0.4) is 0 Å². The van der Waals surface area contributed by atoms with Gasteiger partial charge in [0.15, 0.2) is 5.82 Å². The van der Waals surface area contributed by atoms with Crippen molar-refractivity contribution < 1.29 is 14.3 Å². The Morgan fingerprint density at radius 2 is 1.88 bits per heavy atom. The maximum absolute atomic E-state index is 11.8. The highest BCUT2D eigenvalue weighted by molar-refractivity contribution is 5.89. The Balaban J connectivity index is 1.48. The molecule has 5 rings (SSSR count). The van der Waals surface area contributed by atoms with E-state index in [1.165, 1.54) is 5.56 Å². The first kappa shape index (κ1) is 23.0. The van der Waals surface area contributed by atoms with E-state index < -0.39 is 0 Å². The zero-order valence-electron chi connectivity index (χ0n) is 20.2. The third-order valence-electron chi connectivity index (χ3n) is 6.93. The van der Waals surface area contributed by atoms with Crippen LogP contribution in [-0.4, -0.2) is 78.5 Å². The number of nitrogens with zero attached hydrogens (tertiary/aromatic N) is 4. The average Bonchev–Trinajstić information content (AvgIpc) is 2.79. The van der Waals surface area contributed by atoms with Crippen LogP contribution in [0.2, 0.25) is 0 Å². The molecule has 9 heteroatoms. The van der Waals surface area contributed by atoms with Crippen LogP contribution in [0.25, 0.3) is 11.4 Å². The van der Waals surface area contributed by atoms with Gasteiger partial charge in [0.05, 0.1) is 44.2 Å². The number of nitrogens with one attached hydrogen (secondary N) is 2. The molecule has 2 aromatic rings. The largest absolute Gasteiger partial charge is 0.378 e. The van der Waals surface area contributed by atoms with Crippen molar-refractivity contribution in [2.75, 3.05) is 49.7 Å². The molecule has 182 valence electrons. The number of hydrogen-bond acceptors (Lipinski definition) is 7. The summed E-state index contributed by atoms with van der Waals surface area (Å²) >= 11 is 0. The first-order valence-corrected chi connectivity index (χ1v) is 12.3. The molecule has 2 fully saturated rings. The van der Waals surface area contributed by atoms with Gasteiger partial charge in [-0.25, -0.2) is 14.8 Å². The predicted octanol–water partition coefficient (Wildman–Crippen LogP) is 2.66. The van der Waals surface area contributed by atoms with Crippen LogP contribution < -0.4 is 15.5 Å². The Hall–Kier alpha value is -2.75. The summed E-state index contributed by atoms with van der Waals surface area (Å²) in [6.45, 7) is 11.6. The molecule has 2 saturated heterocycles. The number of benzene rings is 1. The highest BCUT2D eigenvalue weighted by Crippen LogP contribution is 2.35. The van der Waals surface area contributed by atoms with Crippen LogP contribution in [0, 0.1) is 0 Å². The van der Waals surface area contributed by atoms with Crippen molar-refractivity contribution >= 4 is 17.5 Å². The van der Waals surface area contributed by atoms with Crippen LogP contribution in [0.5, 0.6) is 0 Å². The zero-order valence-corrected chi connectivity index (χ0v) is 20.2. The van der Waals surface area contributed by atoms with Gasteiger partial charge in [-0.3, -0.25) is 4.90 Å². The van der Waals surface area contributed by atoms with E-state index in [1.807, 2.05) is 31.2 Å². The third kappa shape index (κ3) is 4.60. The number of morpholine rings is 1. The summed E-state index contributed by atoms with van der Waals surface area (Å²) in [4.78, 5) is 26.9. The van der Waals surface area contributed by atoms with Crippen molar-refractivity contribution in [1.82, 2.24) is 20.2 Å². The van der Waals surface area contributed by atoms with Crippen molar-refractivity contribution in [2.24, 2.45) is 0 Å². The van der Waals surface area contributed by atoms with Crippen LogP contribution >= 0.6 is 0 Å². The second-order valence-corrected chi connectivity index (χ2v) is 9.39. The SMILES string of the molecule is CCNC(=O)Nc1ccc(-c2nc3c(c(N4CCOC[C@@H]4C)n2)CN(C2COC2)C(C)C3)cc1. The summed E-state index contributed by atoms with van der Waals surface area (Å²) in [7, 11) is 0. The molecular weight excluding hydrogens is 432 g/mol. The minimum atomic E-state index is -0.209. The normalized spacial score (nSPS) is 23.2. The quantitative estimate of drug-likeness (QED) is 0.700.